The molecule has 3 rings (SSSR count). The highest BCUT2D eigenvalue weighted by Crippen LogP contribution is 2.31. The smallest absolute Gasteiger partial charge is 0.169 e. The Morgan fingerprint density at radius 1 is 1.13 bits per heavy atom. The number of rotatable bonds is 4. The van der Waals surface area contributed by atoms with E-state index < -0.39 is 5.82 Å². The summed E-state index contributed by atoms with van der Waals surface area (Å²) in [4.78, 5) is 8.44. The molecule has 0 spiro atoms. The number of aromatic nitrogens is 2. The molecule has 2 heterocycles. The van der Waals surface area contributed by atoms with Gasteiger partial charge in [0.2, 0.25) is 0 Å². The first kappa shape index (κ1) is 15.3. The van der Waals surface area contributed by atoms with Crippen molar-refractivity contribution >= 4 is 16.7 Å². The molecule has 1 aromatic carbocycles. The number of pyridine rings is 2. The molecule has 118 valence electrons. The number of anilines is 1. The van der Waals surface area contributed by atoms with E-state index in [-0.39, 0.29) is 23.2 Å². The Kier molecular flexibility index (Phi) is 4.19. The maximum absolute atomic E-state index is 14.6. The van der Waals surface area contributed by atoms with Crippen LogP contribution in [-0.4, -0.2) is 9.97 Å². The zero-order chi connectivity index (χ0) is 16.4. The van der Waals surface area contributed by atoms with Crippen LogP contribution >= 0.6 is 0 Å². The second-order valence-electron chi connectivity index (χ2n) is 5.38. The van der Waals surface area contributed by atoms with E-state index in [1.165, 1.54) is 6.07 Å². The molecule has 5 heteroatoms. The molecular formula is C18H17F2N3. The third kappa shape index (κ3) is 2.86. The minimum atomic E-state index is -0.453. The molecule has 1 N–H and O–H groups in total. The van der Waals surface area contributed by atoms with Crippen LogP contribution in [-0.2, 0) is 0 Å². The van der Waals surface area contributed by atoms with Gasteiger partial charge in [0.05, 0.1) is 17.3 Å². The van der Waals surface area contributed by atoms with Crippen LogP contribution in [0.2, 0.25) is 0 Å². The number of benzene rings is 1. The summed E-state index contributed by atoms with van der Waals surface area (Å²) < 4.78 is 28.6. The molecule has 0 saturated heterocycles. The lowest BCUT2D eigenvalue weighted by Crippen LogP contribution is -2.14. The van der Waals surface area contributed by atoms with Crippen LogP contribution in [0.5, 0.6) is 0 Å². The Bertz CT molecular complexity index is 849. The number of hydrogen-bond donors (Lipinski definition) is 1. The zero-order valence-electron chi connectivity index (χ0n) is 13.0. The summed E-state index contributed by atoms with van der Waals surface area (Å²) in [6.07, 6.45) is 2.20. The molecule has 0 bridgehead atoms. The third-order valence-corrected chi connectivity index (χ3v) is 3.86. The second-order valence-corrected chi connectivity index (χ2v) is 5.38. The van der Waals surface area contributed by atoms with Crippen LogP contribution < -0.4 is 5.32 Å². The normalized spacial score (nSPS) is 12.3. The Morgan fingerprint density at radius 3 is 2.65 bits per heavy atom. The summed E-state index contributed by atoms with van der Waals surface area (Å²) in [6, 6.07) is 9.71. The fourth-order valence-electron chi connectivity index (χ4n) is 2.66. The molecular weight excluding hydrogens is 296 g/mol. The van der Waals surface area contributed by atoms with E-state index in [0.717, 1.165) is 0 Å². The summed E-state index contributed by atoms with van der Waals surface area (Å²) in [7, 11) is 0. The van der Waals surface area contributed by atoms with Gasteiger partial charge in [0.1, 0.15) is 17.0 Å². The summed E-state index contributed by atoms with van der Waals surface area (Å²) in [6.45, 7) is 3.53. The van der Waals surface area contributed by atoms with E-state index >= 15 is 0 Å². The predicted octanol–water partition coefficient (Wildman–Crippen LogP) is 4.78. The SMILES string of the molecule is CC[C@H](Nc1c(F)c(C)nc2cccnc12)c1ccccc1F. The van der Waals surface area contributed by atoms with Gasteiger partial charge in [0, 0.05) is 11.8 Å². The zero-order valence-corrected chi connectivity index (χ0v) is 13.0. The van der Waals surface area contributed by atoms with Crippen molar-refractivity contribution in [2.75, 3.05) is 5.32 Å². The monoisotopic (exact) mass is 313 g/mol. The second kappa shape index (κ2) is 6.28. The Balaban J connectivity index is 2.10. The van der Waals surface area contributed by atoms with Crippen LogP contribution in [0, 0.1) is 18.6 Å². The van der Waals surface area contributed by atoms with Gasteiger partial charge in [-0.05, 0) is 31.5 Å². The predicted molar refractivity (Wildman–Crippen MR) is 87.3 cm³/mol. The van der Waals surface area contributed by atoms with Gasteiger partial charge in [-0.25, -0.2) is 13.8 Å². The summed E-state index contributed by atoms with van der Waals surface area (Å²) >= 11 is 0. The molecule has 0 aliphatic rings. The van der Waals surface area contributed by atoms with E-state index in [4.69, 9.17) is 0 Å². The summed E-state index contributed by atoms with van der Waals surface area (Å²) in [5.41, 5.74) is 2.12. The van der Waals surface area contributed by atoms with Crippen LogP contribution in [0.4, 0.5) is 14.5 Å². The Hall–Kier alpha value is -2.56. The van der Waals surface area contributed by atoms with E-state index in [0.29, 0.717) is 23.0 Å². The fourth-order valence-corrected chi connectivity index (χ4v) is 2.66. The number of nitrogens with one attached hydrogen (secondary N) is 1. The number of nitrogens with zero attached hydrogens (tertiary/aromatic N) is 2. The lowest BCUT2D eigenvalue weighted by molar-refractivity contribution is 0.581. The van der Waals surface area contributed by atoms with Gasteiger partial charge in [0.15, 0.2) is 5.82 Å². The van der Waals surface area contributed by atoms with Gasteiger partial charge < -0.3 is 5.32 Å². The highest BCUT2D eigenvalue weighted by Gasteiger charge is 2.19. The van der Waals surface area contributed by atoms with Gasteiger partial charge >= 0.3 is 0 Å². The van der Waals surface area contributed by atoms with Gasteiger partial charge in [-0.2, -0.15) is 0 Å². The molecule has 2 aromatic heterocycles. The van der Waals surface area contributed by atoms with E-state index in [1.54, 1.807) is 43.5 Å². The van der Waals surface area contributed by atoms with E-state index in [1.807, 2.05) is 6.92 Å². The first-order chi connectivity index (χ1) is 11.1. The molecule has 0 saturated carbocycles. The van der Waals surface area contributed by atoms with Crippen LogP contribution in [0.3, 0.4) is 0 Å². The first-order valence-corrected chi connectivity index (χ1v) is 7.53. The largest absolute Gasteiger partial charge is 0.374 e. The van der Waals surface area contributed by atoms with Gasteiger partial charge in [-0.15, -0.1) is 0 Å². The highest BCUT2D eigenvalue weighted by atomic mass is 19.1. The number of fused-ring (bicyclic) bond motifs is 1. The highest BCUT2D eigenvalue weighted by molar-refractivity contribution is 5.88. The topological polar surface area (TPSA) is 37.8 Å². The minimum absolute atomic E-state index is 0.267. The summed E-state index contributed by atoms with van der Waals surface area (Å²) in [5.74, 6) is -0.763. The average Bonchev–Trinajstić information content (AvgIpc) is 2.56. The average molecular weight is 313 g/mol. The quantitative estimate of drug-likeness (QED) is 0.753. The molecule has 3 aromatic rings. The van der Waals surface area contributed by atoms with Gasteiger partial charge in [-0.3, -0.25) is 4.98 Å². The fraction of sp³-hybridized carbons (Fsp3) is 0.222. The standard InChI is InChI=1S/C18H17F2N3/c1-3-14(12-7-4-5-8-13(12)19)23-18-16(20)11(2)22-15-9-6-10-21-17(15)18/h4-10,14H,3H2,1-2H3,(H,22,23)/t14-/m0/s1. The Labute approximate surface area is 133 Å². The number of aryl methyl sites for hydroxylation is 1. The lowest BCUT2D eigenvalue weighted by Gasteiger charge is -2.21. The van der Waals surface area contributed by atoms with Crippen molar-refractivity contribution in [2.45, 2.75) is 26.3 Å². The first-order valence-electron chi connectivity index (χ1n) is 7.53. The van der Waals surface area contributed by atoms with Gasteiger partial charge in [-0.1, -0.05) is 25.1 Å². The molecule has 3 nitrogen and oxygen atoms in total. The molecule has 0 unspecified atom stereocenters. The molecule has 0 aliphatic carbocycles. The number of hydrogen-bond acceptors (Lipinski definition) is 3. The minimum Gasteiger partial charge on any atom is -0.374 e. The molecule has 1 atom stereocenters. The van der Waals surface area contributed by atoms with Crippen molar-refractivity contribution in [1.29, 1.82) is 0 Å². The van der Waals surface area contributed by atoms with Crippen LogP contribution in [0.15, 0.2) is 42.6 Å². The van der Waals surface area contributed by atoms with Crippen molar-refractivity contribution in [3.63, 3.8) is 0 Å². The van der Waals surface area contributed by atoms with Crippen molar-refractivity contribution in [3.8, 4) is 0 Å². The van der Waals surface area contributed by atoms with Crippen molar-refractivity contribution in [3.05, 3.63) is 65.5 Å². The molecule has 0 fully saturated rings. The number of halogens is 2. The summed E-state index contributed by atoms with van der Waals surface area (Å²) in [5, 5.41) is 3.12. The Morgan fingerprint density at radius 2 is 1.91 bits per heavy atom. The molecule has 0 amide bonds. The van der Waals surface area contributed by atoms with Gasteiger partial charge in [0.25, 0.3) is 0 Å². The van der Waals surface area contributed by atoms with Crippen LogP contribution in [0.1, 0.15) is 30.6 Å². The van der Waals surface area contributed by atoms with Crippen LogP contribution in [0.25, 0.3) is 11.0 Å². The van der Waals surface area contributed by atoms with E-state index in [2.05, 4.69) is 15.3 Å². The molecule has 0 aliphatic heterocycles. The van der Waals surface area contributed by atoms with Crippen molar-refractivity contribution < 1.29 is 8.78 Å². The maximum atomic E-state index is 14.6. The lowest BCUT2D eigenvalue weighted by atomic mass is 10.0. The maximum Gasteiger partial charge on any atom is 0.169 e. The third-order valence-electron chi connectivity index (χ3n) is 3.86. The van der Waals surface area contributed by atoms with Crippen molar-refractivity contribution in [1.82, 2.24) is 9.97 Å². The molecule has 23 heavy (non-hydrogen) atoms. The molecule has 0 radical (unpaired) electrons. The van der Waals surface area contributed by atoms with E-state index in [9.17, 15) is 8.78 Å². The van der Waals surface area contributed by atoms with Crippen molar-refractivity contribution in [2.24, 2.45) is 0 Å².